The Morgan fingerprint density at radius 1 is 1.29 bits per heavy atom. The lowest BCUT2D eigenvalue weighted by molar-refractivity contribution is -0.136. The van der Waals surface area contributed by atoms with Gasteiger partial charge in [0.05, 0.1) is 6.10 Å². The maximum Gasteiger partial charge on any atom is 0.313 e. The topological polar surface area (TPSA) is 78.4 Å². The minimum atomic E-state index is -0.755. The Kier molecular flexibility index (Phi) is 4.66. The molecule has 0 bridgehead atoms. The first-order chi connectivity index (χ1) is 8.00. The molecule has 1 aromatic rings. The van der Waals surface area contributed by atoms with Gasteiger partial charge in [-0.25, -0.2) is 0 Å². The summed E-state index contributed by atoms with van der Waals surface area (Å²) in [4.78, 5) is 22.8. The molecular weight excluding hydrogens is 220 g/mol. The Morgan fingerprint density at radius 2 is 1.94 bits per heavy atom. The smallest absolute Gasteiger partial charge is 0.313 e. The summed E-state index contributed by atoms with van der Waals surface area (Å²) in [6.07, 6.45) is -0.676. The van der Waals surface area contributed by atoms with Crippen LogP contribution in [0.25, 0.3) is 0 Å². The Hall–Kier alpha value is -1.88. The second-order valence-corrected chi connectivity index (χ2v) is 3.83. The summed E-state index contributed by atoms with van der Waals surface area (Å²) in [7, 11) is 0. The van der Waals surface area contributed by atoms with Crippen LogP contribution in [0.1, 0.15) is 12.5 Å². The standard InChI is InChI=1S/C12H16N2O3/c1-8-5-3-4-6-10(8)14-12(17)11(16)13-7-9(2)15/h3-6,9,15H,7H2,1-2H3,(H,13,16)(H,14,17)/t9-/m1/s1. The second kappa shape index (κ2) is 6.00. The number of benzene rings is 1. The quantitative estimate of drug-likeness (QED) is 0.666. The van der Waals surface area contributed by atoms with Crippen molar-refractivity contribution >= 4 is 17.5 Å². The first kappa shape index (κ1) is 13.2. The van der Waals surface area contributed by atoms with Crippen molar-refractivity contribution in [1.82, 2.24) is 5.32 Å². The van der Waals surface area contributed by atoms with E-state index in [1.807, 2.05) is 19.1 Å². The van der Waals surface area contributed by atoms with E-state index in [4.69, 9.17) is 5.11 Å². The average Bonchev–Trinajstić information content (AvgIpc) is 2.28. The highest BCUT2D eigenvalue weighted by Gasteiger charge is 2.14. The molecule has 1 rings (SSSR count). The SMILES string of the molecule is Cc1ccccc1NC(=O)C(=O)NC[C@@H](C)O. The van der Waals surface area contributed by atoms with Gasteiger partial charge in [-0.3, -0.25) is 9.59 Å². The van der Waals surface area contributed by atoms with Crippen LogP contribution in [-0.4, -0.2) is 29.6 Å². The lowest BCUT2D eigenvalue weighted by atomic mass is 10.2. The summed E-state index contributed by atoms with van der Waals surface area (Å²) in [5.41, 5.74) is 1.48. The molecule has 0 fully saturated rings. The number of carbonyl (C=O) groups excluding carboxylic acids is 2. The third-order valence-electron chi connectivity index (χ3n) is 2.16. The molecule has 17 heavy (non-hydrogen) atoms. The maximum absolute atomic E-state index is 11.5. The predicted octanol–water partition coefficient (Wildman–Crippen LogP) is 0.431. The molecule has 0 saturated heterocycles. The van der Waals surface area contributed by atoms with Crippen molar-refractivity contribution < 1.29 is 14.7 Å². The van der Waals surface area contributed by atoms with Gasteiger partial charge in [0.1, 0.15) is 0 Å². The van der Waals surface area contributed by atoms with Crippen LogP contribution in [0.5, 0.6) is 0 Å². The van der Waals surface area contributed by atoms with Gasteiger partial charge >= 0.3 is 11.8 Å². The molecular formula is C12H16N2O3. The fraction of sp³-hybridized carbons (Fsp3) is 0.333. The van der Waals surface area contributed by atoms with E-state index in [1.54, 1.807) is 12.1 Å². The van der Waals surface area contributed by atoms with Crippen molar-refractivity contribution in [3.63, 3.8) is 0 Å². The number of hydrogen-bond donors (Lipinski definition) is 3. The number of aliphatic hydroxyl groups is 1. The van der Waals surface area contributed by atoms with Crippen molar-refractivity contribution in [3.05, 3.63) is 29.8 Å². The molecule has 0 saturated carbocycles. The van der Waals surface area contributed by atoms with Gasteiger partial charge in [-0.15, -0.1) is 0 Å². The van der Waals surface area contributed by atoms with Gasteiger partial charge in [0, 0.05) is 12.2 Å². The van der Waals surface area contributed by atoms with E-state index in [-0.39, 0.29) is 6.54 Å². The van der Waals surface area contributed by atoms with Crippen LogP contribution in [-0.2, 0) is 9.59 Å². The summed E-state index contributed by atoms with van der Waals surface area (Å²) < 4.78 is 0. The third kappa shape index (κ3) is 4.24. The lowest BCUT2D eigenvalue weighted by Crippen LogP contribution is -2.38. The number of hydrogen-bond acceptors (Lipinski definition) is 3. The normalized spacial score (nSPS) is 11.7. The Morgan fingerprint density at radius 3 is 2.53 bits per heavy atom. The van der Waals surface area contributed by atoms with E-state index in [0.717, 1.165) is 5.56 Å². The van der Waals surface area contributed by atoms with E-state index in [0.29, 0.717) is 5.69 Å². The largest absolute Gasteiger partial charge is 0.392 e. The van der Waals surface area contributed by atoms with Crippen LogP contribution < -0.4 is 10.6 Å². The molecule has 2 amide bonds. The molecule has 5 heteroatoms. The zero-order valence-corrected chi connectivity index (χ0v) is 9.86. The molecule has 0 unspecified atom stereocenters. The number of aliphatic hydroxyl groups excluding tert-OH is 1. The molecule has 0 spiro atoms. The fourth-order valence-electron chi connectivity index (χ4n) is 1.21. The number of rotatable bonds is 3. The number of carbonyl (C=O) groups is 2. The molecule has 0 heterocycles. The summed E-state index contributed by atoms with van der Waals surface area (Å²) in [6.45, 7) is 3.42. The highest BCUT2D eigenvalue weighted by atomic mass is 16.3. The van der Waals surface area contributed by atoms with E-state index in [1.165, 1.54) is 6.92 Å². The van der Waals surface area contributed by atoms with Crippen molar-refractivity contribution in [2.45, 2.75) is 20.0 Å². The van der Waals surface area contributed by atoms with Gasteiger partial charge < -0.3 is 15.7 Å². The zero-order valence-electron chi connectivity index (χ0n) is 9.86. The van der Waals surface area contributed by atoms with Crippen LogP contribution >= 0.6 is 0 Å². The van der Waals surface area contributed by atoms with Crippen LogP contribution in [0.3, 0.4) is 0 Å². The van der Waals surface area contributed by atoms with Gasteiger partial charge in [-0.05, 0) is 25.5 Å². The van der Waals surface area contributed by atoms with Crippen molar-refractivity contribution in [3.8, 4) is 0 Å². The summed E-state index contributed by atoms with van der Waals surface area (Å²) in [6, 6.07) is 7.17. The molecule has 0 aromatic heterocycles. The third-order valence-corrected chi connectivity index (χ3v) is 2.16. The van der Waals surface area contributed by atoms with Gasteiger partial charge in [0.25, 0.3) is 0 Å². The molecule has 0 radical (unpaired) electrons. The van der Waals surface area contributed by atoms with E-state index >= 15 is 0 Å². The molecule has 0 aliphatic heterocycles. The number of anilines is 1. The van der Waals surface area contributed by atoms with Crippen LogP contribution in [0.4, 0.5) is 5.69 Å². The molecule has 3 N–H and O–H groups in total. The number of aryl methyl sites for hydroxylation is 1. The predicted molar refractivity (Wildman–Crippen MR) is 64.5 cm³/mol. The van der Waals surface area contributed by atoms with Gasteiger partial charge in [0.2, 0.25) is 0 Å². The second-order valence-electron chi connectivity index (χ2n) is 3.83. The minimum Gasteiger partial charge on any atom is -0.392 e. The summed E-state index contributed by atoms with van der Waals surface area (Å²) >= 11 is 0. The van der Waals surface area contributed by atoms with E-state index < -0.39 is 17.9 Å². The number of para-hydroxylation sites is 1. The van der Waals surface area contributed by atoms with Crippen LogP contribution in [0.2, 0.25) is 0 Å². The molecule has 0 aliphatic carbocycles. The monoisotopic (exact) mass is 236 g/mol. The Labute approximate surface area is 99.8 Å². The van der Waals surface area contributed by atoms with Gasteiger partial charge in [-0.2, -0.15) is 0 Å². The van der Waals surface area contributed by atoms with Gasteiger partial charge in [-0.1, -0.05) is 18.2 Å². The first-order valence-corrected chi connectivity index (χ1v) is 5.33. The summed E-state index contributed by atoms with van der Waals surface area (Å²) in [5.74, 6) is -1.49. The maximum atomic E-state index is 11.5. The molecule has 1 atom stereocenters. The Balaban J connectivity index is 2.55. The minimum absolute atomic E-state index is 0.0556. The molecule has 1 aromatic carbocycles. The lowest BCUT2D eigenvalue weighted by Gasteiger charge is -2.09. The van der Waals surface area contributed by atoms with Gasteiger partial charge in [0.15, 0.2) is 0 Å². The van der Waals surface area contributed by atoms with Crippen molar-refractivity contribution in [2.75, 3.05) is 11.9 Å². The highest BCUT2D eigenvalue weighted by molar-refractivity contribution is 6.39. The number of nitrogens with one attached hydrogen (secondary N) is 2. The first-order valence-electron chi connectivity index (χ1n) is 5.33. The van der Waals surface area contributed by atoms with E-state index in [2.05, 4.69) is 10.6 Å². The van der Waals surface area contributed by atoms with E-state index in [9.17, 15) is 9.59 Å². The fourth-order valence-corrected chi connectivity index (χ4v) is 1.21. The summed E-state index contributed by atoms with van der Waals surface area (Å²) in [5, 5.41) is 13.8. The van der Waals surface area contributed by atoms with Crippen LogP contribution in [0, 0.1) is 6.92 Å². The van der Waals surface area contributed by atoms with Crippen molar-refractivity contribution in [1.29, 1.82) is 0 Å². The zero-order chi connectivity index (χ0) is 12.8. The highest BCUT2D eigenvalue weighted by Crippen LogP contribution is 2.12. The average molecular weight is 236 g/mol. The van der Waals surface area contributed by atoms with Crippen molar-refractivity contribution in [2.24, 2.45) is 0 Å². The number of amides is 2. The van der Waals surface area contributed by atoms with Crippen LogP contribution in [0.15, 0.2) is 24.3 Å². The molecule has 5 nitrogen and oxygen atoms in total. The molecule has 92 valence electrons. The Bertz CT molecular complexity index is 416. The molecule has 0 aliphatic rings.